The molecule has 1 aliphatic heterocycles. The van der Waals surface area contributed by atoms with Gasteiger partial charge in [-0.25, -0.2) is 0 Å². The predicted octanol–water partition coefficient (Wildman–Crippen LogP) is 0.170. The van der Waals surface area contributed by atoms with Gasteiger partial charge in [-0.3, -0.25) is 0 Å². The summed E-state index contributed by atoms with van der Waals surface area (Å²) in [5.74, 6) is 0. The minimum absolute atomic E-state index is 0.997. The second kappa shape index (κ2) is 1.80. The minimum atomic E-state index is 0.997. The molecule has 2 heteroatoms. The Morgan fingerprint density at radius 3 is 2.83 bits per heavy atom. The van der Waals surface area contributed by atoms with Crippen molar-refractivity contribution in [2.75, 3.05) is 6.54 Å². The van der Waals surface area contributed by atoms with Gasteiger partial charge in [0.1, 0.15) is 0 Å². The first kappa shape index (κ1) is 3.65. The van der Waals surface area contributed by atoms with Crippen molar-refractivity contribution in [3.63, 3.8) is 0 Å². The molecule has 0 aromatic rings. The molecule has 0 aliphatic carbocycles. The highest BCUT2D eigenvalue weighted by molar-refractivity contribution is 5.67. The van der Waals surface area contributed by atoms with E-state index < -0.39 is 0 Å². The molecule has 0 saturated carbocycles. The van der Waals surface area contributed by atoms with Gasteiger partial charge in [-0.2, -0.15) is 5.10 Å². The van der Waals surface area contributed by atoms with E-state index in [0.29, 0.717) is 0 Å². The lowest BCUT2D eigenvalue weighted by molar-refractivity contribution is 0.716. The summed E-state index contributed by atoms with van der Waals surface area (Å²) in [6.45, 7) is 0.997. The van der Waals surface area contributed by atoms with Gasteiger partial charge in [-0.1, -0.05) is 0 Å². The summed E-state index contributed by atoms with van der Waals surface area (Å²) in [6, 6.07) is 0. The number of hydrogen-bond donors (Lipinski definition) is 1. The second-order valence-electron chi connectivity index (χ2n) is 1.21. The van der Waals surface area contributed by atoms with Crippen LogP contribution in [0.3, 0.4) is 0 Å². The molecule has 1 rings (SSSR count). The molecule has 1 heterocycles. The summed E-state index contributed by atoms with van der Waals surface area (Å²) in [5.41, 5.74) is 2.82. The molecule has 0 bridgehead atoms. The summed E-state index contributed by atoms with van der Waals surface area (Å²) < 4.78 is 0. The quantitative estimate of drug-likeness (QED) is 0.443. The van der Waals surface area contributed by atoms with E-state index in [1.54, 1.807) is 6.21 Å². The Hall–Kier alpha value is -0.530. The average Bonchev–Trinajstić information content (AvgIpc) is 1.72. The van der Waals surface area contributed by atoms with Crippen molar-refractivity contribution in [1.82, 2.24) is 5.43 Å². The maximum atomic E-state index is 3.75. The average molecular weight is 83.1 g/mol. The zero-order chi connectivity index (χ0) is 4.24. The highest BCUT2D eigenvalue weighted by Crippen LogP contribution is 1.84. The molecule has 1 radical (unpaired) electrons. The molecule has 0 fully saturated rings. The molecule has 0 saturated heterocycles. The third kappa shape index (κ3) is 0.708. The number of hydrogen-bond acceptors (Lipinski definition) is 2. The van der Waals surface area contributed by atoms with Gasteiger partial charge in [0.15, 0.2) is 0 Å². The monoisotopic (exact) mass is 83.1 g/mol. The highest BCUT2D eigenvalue weighted by atomic mass is 15.3. The van der Waals surface area contributed by atoms with Crippen LogP contribution in [0.15, 0.2) is 5.10 Å². The van der Waals surface area contributed by atoms with E-state index in [9.17, 15) is 0 Å². The molecule has 33 valence electrons. The molecule has 0 amide bonds. The lowest BCUT2D eigenvalue weighted by Gasteiger charge is -2.00. The zero-order valence-corrected chi connectivity index (χ0v) is 3.52. The summed E-state index contributed by atoms with van der Waals surface area (Å²) in [5, 5.41) is 3.75. The van der Waals surface area contributed by atoms with Crippen molar-refractivity contribution in [3.8, 4) is 0 Å². The van der Waals surface area contributed by atoms with Crippen molar-refractivity contribution in [1.29, 1.82) is 0 Å². The Morgan fingerprint density at radius 1 is 1.67 bits per heavy atom. The molecular weight excluding hydrogens is 76.1 g/mol. The Kier molecular flexibility index (Phi) is 1.10. The first-order valence-corrected chi connectivity index (χ1v) is 2.08. The van der Waals surface area contributed by atoms with Crippen molar-refractivity contribution in [3.05, 3.63) is 6.42 Å². The van der Waals surface area contributed by atoms with Gasteiger partial charge in [-0.05, 0) is 6.42 Å². The van der Waals surface area contributed by atoms with Crippen molar-refractivity contribution >= 4 is 6.21 Å². The number of nitrogens with zero attached hydrogens (tertiary/aromatic N) is 1. The fraction of sp³-hybridized carbons (Fsp3) is 0.500. The normalized spacial score (nSPS) is 20.0. The molecule has 2 nitrogen and oxygen atoms in total. The molecule has 1 aliphatic rings. The fourth-order valence-electron chi connectivity index (χ4n) is 0.392. The van der Waals surface area contributed by atoms with E-state index in [-0.39, 0.29) is 0 Å². The van der Waals surface area contributed by atoms with Crippen LogP contribution < -0.4 is 5.43 Å². The Bertz CT molecular complexity index is 50.6. The third-order valence-electron chi connectivity index (χ3n) is 0.694. The van der Waals surface area contributed by atoms with Crippen LogP contribution in [0.5, 0.6) is 0 Å². The van der Waals surface area contributed by atoms with Gasteiger partial charge >= 0.3 is 0 Å². The van der Waals surface area contributed by atoms with Gasteiger partial charge in [0, 0.05) is 19.2 Å². The summed E-state index contributed by atoms with van der Waals surface area (Å²) >= 11 is 0. The van der Waals surface area contributed by atoms with Crippen LogP contribution in [0.1, 0.15) is 6.42 Å². The zero-order valence-electron chi connectivity index (χ0n) is 3.52. The van der Waals surface area contributed by atoms with Crippen LogP contribution in [0.25, 0.3) is 0 Å². The topological polar surface area (TPSA) is 24.4 Å². The third-order valence-corrected chi connectivity index (χ3v) is 0.694. The van der Waals surface area contributed by atoms with Gasteiger partial charge in [0.05, 0.1) is 0 Å². The number of rotatable bonds is 0. The maximum Gasteiger partial charge on any atom is 0.0335 e. The molecule has 6 heavy (non-hydrogen) atoms. The molecule has 0 spiro atoms. The standard InChI is InChI=1S/C4H7N2/c1-2-4-6-5-3-1/h1,3,6H,2,4H2. The van der Waals surface area contributed by atoms with Crippen LogP contribution in [0.2, 0.25) is 0 Å². The molecular formula is C4H7N2. The fourth-order valence-corrected chi connectivity index (χ4v) is 0.392. The van der Waals surface area contributed by atoms with Crippen molar-refractivity contribution in [2.24, 2.45) is 5.10 Å². The van der Waals surface area contributed by atoms with Crippen molar-refractivity contribution in [2.45, 2.75) is 6.42 Å². The largest absolute Gasteiger partial charge is 0.310 e. The maximum absolute atomic E-state index is 3.75. The first-order valence-electron chi connectivity index (χ1n) is 2.08. The SMILES string of the molecule is [CH]1C=NNCC1. The van der Waals surface area contributed by atoms with E-state index in [0.717, 1.165) is 13.0 Å². The number of nitrogens with one attached hydrogen (secondary N) is 1. The van der Waals surface area contributed by atoms with E-state index in [4.69, 9.17) is 0 Å². The minimum Gasteiger partial charge on any atom is -0.310 e. The van der Waals surface area contributed by atoms with Crippen LogP contribution in [-0.4, -0.2) is 12.8 Å². The Labute approximate surface area is 37.2 Å². The van der Waals surface area contributed by atoms with Crippen LogP contribution in [-0.2, 0) is 0 Å². The lowest BCUT2D eigenvalue weighted by Crippen LogP contribution is -2.12. The Morgan fingerprint density at radius 2 is 2.67 bits per heavy atom. The summed E-state index contributed by atoms with van der Waals surface area (Å²) in [4.78, 5) is 0. The van der Waals surface area contributed by atoms with Crippen LogP contribution in [0.4, 0.5) is 0 Å². The van der Waals surface area contributed by atoms with Gasteiger partial charge < -0.3 is 5.43 Å². The van der Waals surface area contributed by atoms with Crippen LogP contribution >= 0.6 is 0 Å². The smallest absolute Gasteiger partial charge is 0.0335 e. The van der Waals surface area contributed by atoms with Crippen molar-refractivity contribution < 1.29 is 0 Å². The molecule has 0 aromatic heterocycles. The van der Waals surface area contributed by atoms with E-state index in [2.05, 4.69) is 10.5 Å². The predicted molar refractivity (Wildman–Crippen MR) is 25.4 cm³/mol. The van der Waals surface area contributed by atoms with E-state index >= 15 is 0 Å². The molecule has 0 unspecified atom stereocenters. The lowest BCUT2D eigenvalue weighted by atomic mass is 10.3. The second-order valence-corrected chi connectivity index (χ2v) is 1.21. The van der Waals surface area contributed by atoms with Gasteiger partial charge in [0.25, 0.3) is 0 Å². The number of hydrazone groups is 1. The van der Waals surface area contributed by atoms with Gasteiger partial charge in [0.2, 0.25) is 0 Å². The molecule has 0 aromatic carbocycles. The summed E-state index contributed by atoms with van der Waals surface area (Å²) in [6.07, 6.45) is 4.93. The van der Waals surface area contributed by atoms with Gasteiger partial charge in [-0.15, -0.1) is 0 Å². The molecule has 0 atom stereocenters. The summed E-state index contributed by atoms with van der Waals surface area (Å²) in [7, 11) is 0. The highest BCUT2D eigenvalue weighted by Gasteiger charge is 1.86. The first-order chi connectivity index (χ1) is 3.00. The Balaban J connectivity index is 2.26. The van der Waals surface area contributed by atoms with Crippen LogP contribution in [0, 0.1) is 6.42 Å². The van der Waals surface area contributed by atoms with E-state index in [1.165, 1.54) is 0 Å². The van der Waals surface area contributed by atoms with E-state index in [1.807, 2.05) is 6.42 Å². The molecule has 1 N–H and O–H groups in total.